The first-order valence-corrected chi connectivity index (χ1v) is 9.90. The summed E-state index contributed by atoms with van der Waals surface area (Å²) in [6.45, 7) is 1.75. The van der Waals surface area contributed by atoms with Crippen LogP contribution in [0.4, 0.5) is 4.39 Å². The zero-order chi connectivity index (χ0) is 23.0. The van der Waals surface area contributed by atoms with Gasteiger partial charge in [-0.15, -0.1) is 0 Å². The van der Waals surface area contributed by atoms with Crippen molar-refractivity contribution in [1.82, 2.24) is 9.72 Å². The molecule has 3 N–H and O–H groups in total. The number of aromatic nitrogens is 2. The second-order valence-corrected chi connectivity index (χ2v) is 7.54. The number of aryl methyl sites for hydroxylation is 1. The first kappa shape index (κ1) is 21.4. The van der Waals surface area contributed by atoms with Gasteiger partial charge in [0, 0.05) is 36.4 Å². The summed E-state index contributed by atoms with van der Waals surface area (Å²) < 4.78 is 26.3. The second kappa shape index (κ2) is 8.39. The minimum absolute atomic E-state index is 0.0371. The quantitative estimate of drug-likeness (QED) is 0.561. The number of carboxylic acids is 1. The van der Waals surface area contributed by atoms with Crippen molar-refractivity contribution in [2.24, 2.45) is 5.73 Å². The molecular formula is C22H20FN3O6. The van der Waals surface area contributed by atoms with Crippen LogP contribution < -0.4 is 5.73 Å². The average Bonchev–Trinajstić information content (AvgIpc) is 3.38. The molecule has 10 heteroatoms. The molecule has 2 unspecified atom stereocenters. The number of aromatic carboxylic acids is 1. The van der Waals surface area contributed by atoms with Gasteiger partial charge in [0.25, 0.3) is 0 Å². The van der Waals surface area contributed by atoms with E-state index < -0.39 is 35.6 Å². The molecule has 1 aromatic carbocycles. The highest BCUT2D eigenvalue weighted by molar-refractivity contribution is 6.13. The monoisotopic (exact) mass is 441 g/mol. The van der Waals surface area contributed by atoms with E-state index in [0.29, 0.717) is 6.42 Å². The molecule has 9 nitrogen and oxygen atoms in total. The van der Waals surface area contributed by atoms with Crippen molar-refractivity contribution >= 4 is 17.7 Å². The van der Waals surface area contributed by atoms with Crippen molar-refractivity contribution in [1.29, 1.82) is 0 Å². The fourth-order valence-corrected chi connectivity index (χ4v) is 3.93. The van der Waals surface area contributed by atoms with Crippen molar-refractivity contribution in [3.8, 4) is 11.3 Å². The van der Waals surface area contributed by atoms with Crippen LogP contribution in [0.2, 0.25) is 0 Å². The maximum atomic E-state index is 14.3. The molecule has 1 saturated heterocycles. The van der Waals surface area contributed by atoms with Crippen molar-refractivity contribution in [3.63, 3.8) is 0 Å². The molecule has 0 aliphatic carbocycles. The molecule has 3 heterocycles. The lowest BCUT2D eigenvalue weighted by molar-refractivity contribution is -0.133. The topological polar surface area (TPSA) is 138 Å². The van der Waals surface area contributed by atoms with Gasteiger partial charge in [0.05, 0.1) is 5.56 Å². The molecule has 2 aromatic heterocycles. The Morgan fingerprint density at radius 3 is 2.72 bits per heavy atom. The van der Waals surface area contributed by atoms with Crippen LogP contribution in [0.5, 0.6) is 0 Å². The molecule has 4 rings (SSSR count). The Labute approximate surface area is 181 Å². The summed E-state index contributed by atoms with van der Waals surface area (Å²) >= 11 is 0. The number of ketones is 1. The number of nitrogens with zero attached hydrogens (tertiary/aromatic N) is 2. The third-order valence-electron chi connectivity index (χ3n) is 5.52. The van der Waals surface area contributed by atoms with E-state index in [0.717, 1.165) is 0 Å². The van der Waals surface area contributed by atoms with Gasteiger partial charge in [-0.05, 0) is 31.5 Å². The van der Waals surface area contributed by atoms with Crippen LogP contribution >= 0.6 is 0 Å². The highest BCUT2D eigenvalue weighted by Crippen LogP contribution is 2.32. The van der Waals surface area contributed by atoms with Gasteiger partial charge in [0.1, 0.15) is 29.1 Å². The number of ether oxygens (including phenoxy) is 1. The number of benzene rings is 1. The molecule has 0 spiro atoms. The largest absolute Gasteiger partial charge is 0.477 e. The van der Waals surface area contributed by atoms with Crippen LogP contribution in [0.3, 0.4) is 0 Å². The molecule has 166 valence electrons. The van der Waals surface area contributed by atoms with Gasteiger partial charge in [-0.3, -0.25) is 9.59 Å². The third kappa shape index (κ3) is 3.80. The summed E-state index contributed by atoms with van der Waals surface area (Å²) in [4.78, 5) is 36.7. The molecule has 1 aliphatic rings. The smallest absolute Gasteiger partial charge is 0.352 e. The number of primary amides is 1. The van der Waals surface area contributed by atoms with E-state index in [1.165, 1.54) is 42.0 Å². The second-order valence-electron chi connectivity index (χ2n) is 7.54. The molecular weight excluding hydrogens is 421 g/mol. The lowest BCUT2D eigenvalue weighted by Crippen LogP contribution is -2.38. The first-order chi connectivity index (χ1) is 15.3. The zero-order valence-electron chi connectivity index (χ0n) is 17.1. The highest BCUT2D eigenvalue weighted by Gasteiger charge is 2.32. The predicted octanol–water partition coefficient (Wildman–Crippen LogP) is 2.73. The Balaban J connectivity index is 1.75. The molecule has 3 aromatic rings. The Bertz CT molecular complexity index is 1210. The van der Waals surface area contributed by atoms with E-state index in [9.17, 15) is 23.9 Å². The summed E-state index contributed by atoms with van der Waals surface area (Å²) in [5.74, 6) is -2.81. The number of hydrogen-bond acceptors (Lipinski definition) is 6. The summed E-state index contributed by atoms with van der Waals surface area (Å²) in [5, 5.41) is 13.5. The summed E-state index contributed by atoms with van der Waals surface area (Å²) in [5.41, 5.74) is 5.47. The first-order valence-electron chi connectivity index (χ1n) is 9.90. The van der Waals surface area contributed by atoms with Gasteiger partial charge < -0.3 is 24.7 Å². The minimum atomic E-state index is -1.23. The van der Waals surface area contributed by atoms with Crippen molar-refractivity contribution in [2.45, 2.75) is 31.9 Å². The molecule has 0 radical (unpaired) electrons. The van der Waals surface area contributed by atoms with Crippen LogP contribution in [0.15, 0.2) is 41.1 Å². The lowest BCUT2D eigenvalue weighted by Gasteiger charge is -2.29. The van der Waals surface area contributed by atoms with Gasteiger partial charge in [-0.1, -0.05) is 17.3 Å². The van der Waals surface area contributed by atoms with Crippen molar-refractivity contribution in [3.05, 3.63) is 64.9 Å². The van der Waals surface area contributed by atoms with E-state index in [-0.39, 0.29) is 46.9 Å². The molecule has 1 aliphatic heterocycles. The lowest BCUT2D eigenvalue weighted by atomic mass is 9.99. The van der Waals surface area contributed by atoms with Gasteiger partial charge >= 0.3 is 5.97 Å². The number of halogens is 1. The number of amides is 1. The molecule has 0 bridgehead atoms. The van der Waals surface area contributed by atoms with Crippen molar-refractivity contribution < 1.29 is 33.1 Å². The van der Waals surface area contributed by atoms with E-state index in [4.69, 9.17) is 15.0 Å². The number of hydrogen-bond donors (Lipinski definition) is 2. The van der Waals surface area contributed by atoms with Crippen LogP contribution in [0.25, 0.3) is 11.3 Å². The van der Waals surface area contributed by atoms with Crippen LogP contribution in [0, 0.1) is 12.7 Å². The molecule has 1 fully saturated rings. The fourth-order valence-electron chi connectivity index (χ4n) is 3.93. The minimum Gasteiger partial charge on any atom is -0.477 e. The Hall–Kier alpha value is -3.79. The van der Waals surface area contributed by atoms with Crippen LogP contribution in [0.1, 0.15) is 51.1 Å². The summed E-state index contributed by atoms with van der Waals surface area (Å²) in [6, 6.07) is 6.69. The van der Waals surface area contributed by atoms with Gasteiger partial charge in [-0.2, -0.15) is 0 Å². The number of carbonyl (C=O) groups is 3. The Kier molecular flexibility index (Phi) is 5.62. The maximum Gasteiger partial charge on any atom is 0.352 e. The standard InChI is InChI=1S/C22H20FN3O6/c1-11-18(19(25-32-11)14-4-2-3-5-15(14)23)20(27)12-8-16(22(29)30)26(10-12)13-6-7-31-17(9-13)21(24)28/h2-5,8,10,13,17H,6-7,9H2,1H3,(H2,24,28)(H,29,30). The van der Waals surface area contributed by atoms with E-state index in [2.05, 4.69) is 5.16 Å². The molecule has 0 saturated carbocycles. The zero-order valence-corrected chi connectivity index (χ0v) is 17.1. The average molecular weight is 441 g/mol. The van der Waals surface area contributed by atoms with Crippen LogP contribution in [-0.2, 0) is 9.53 Å². The van der Waals surface area contributed by atoms with Crippen molar-refractivity contribution in [2.75, 3.05) is 6.61 Å². The summed E-state index contributed by atoms with van der Waals surface area (Å²) in [6.07, 6.45) is 1.20. The van der Waals surface area contributed by atoms with E-state index in [1.54, 1.807) is 6.07 Å². The third-order valence-corrected chi connectivity index (χ3v) is 5.52. The van der Waals surface area contributed by atoms with E-state index >= 15 is 0 Å². The predicted molar refractivity (Wildman–Crippen MR) is 109 cm³/mol. The SMILES string of the molecule is Cc1onc(-c2ccccc2F)c1C(=O)c1cc(C(=O)O)n(C2CCOC(C(N)=O)C2)c1. The fraction of sp³-hybridized carbons (Fsp3) is 0.273. The molecule has 2 atom stereocenters. The molecule has 1 amide bonds. The maximum absolute atomic E-state index is 14.3. The number of carbonyl (C=O) groups excluding carboxylic acids is 2. The van der Waals surface area contributed by atoms with Crippen LogP contribution in [-0.4, -0.2) is 45.2 Å². The van der Waals surface area contributed by atoms with Gasteiger partial charge in [0.2, 0.25) is 5.91 Å². The number of carboxylic acid groups (broad SMARTS) is 1. The van der Waals surface area contributed by atoms with Gasteiger partial charge in [-0.25, -0.2) is 9.18 Å². The Morgan fingerprint density at radius 2 is 2.03 bits per heavy atom. The number of rotatable bonds is 6. The Morgan fingerprint density at radius 1 is 1.28 bits per heavy atom. The van der Waals surface area contributed by atoms with Gasteiger partial charge in [0.15, 0.2) is 5.78 Å². The molecule has 32 heavy (non-hydrogen) atoms. The normalized spacial score (nSPS) is 18.4. The van der Waals surface area contributed by atoms with E-state index in [1.807, 2.05) is 0 Å². The highest BCUT2D eigenvalue weighted by atomic mass is 19.1. The summed E-state index contributed by atoms with van der Waals surface area (Å²) in [7, 11) is 0. The number of nitrogens with two attached hydrogens (primary N) is 1.